The summed E-state index contributed by atoms with van der Waals surface area (Å²) in [6.45, 7) is 3.28. The Morgan fingerprint density at radius 2 is 1.86 bits per heavy atom. The lowest BCUT2D eigenvalue weighted by molar-refractivity contribution is -0.385. The van der Waals surface area contributed by atoms with Gasteiger partial charge in [-0.05, 0) is 25.4 Å². The van der Waals surface area contributed by atoms with Gasteiger partial charge in [0, 0.05) is 11.6 Å². The van der Waals surface area contributed by atoms with Crippen molar-refractivity contribution in [2.75, 3.05) is 0 Å². The molecule has 0 atom stereocenters. The second-order valence-electron chi connectivity index (χ2n) is 3.13. The van der Waals surface area contributed by atoms with Gasteiger partial charge in [-0.15, -0.1) is 0 Å². The van der Waals surface area contributed by atoms with E-state index in [0.717, 1.165) is 0 Å². The van der Waals surface area contributed by atoms with E-state index in [1.165, 1.54) is 6.07 Å². The van der Waals surface area contributed by atoms with Crippen LogP contribution < -0.4 is 5.46 Å². The van der Waals surface area contributed by atoms with Crippen molar-refractivity contribution in [2.45, 2.75) is 13.8 Å². The maximum atomic E-state index is 10.6. The van der Waals surface area contributed by atoms with Crippen LogP contribution in [0.15, 0.2) is 12.1 Å². The van der Waals surface area contributed by atoms with Crippen LogP contribution in [0.2, 0.25) is 0 Å². The van der Waals surface area contributed by atoms with E-state index in [2.05, 4.69) is 0 Å². The predicted octanol–water partition coefficient (Wildman–Crippen LogP) is -0.109. The Kier molecular flexibility index (Phi) is 2.88. The fourth-order valence-electron chi connectivity index (χ4n) is 1.33. The Balaban J connectivity index is 3.34. The summed E-state index contributed by atoms with van der Waals surface area (Å²) in [5, 5.41) is 28.4. The van der Waals surface area contributed by atoms with Gasteiger partial charge in [0.15, 0.2) is 0 Å². The number of nitrogens with zero attached hydrogens (tertiary/aromatic N) is 1. The second-order valence-corrected chi connectivity index (χ2v) is 3.13. The number of nitro benzene ring substituents is 1. The molecule has 2 N–H and O–H groups in total. The molecule has 0 spiro atoms. The summed E-state index contributed by atoms with van der Waals surface area (Å²) in [4.78, 5) is 10.0. The first kappa shape index (κ1) is 10.7. The van der Waals surface area contributed by atoms with Crippen molar-refractivity contribution >= 4 is 18.3 Å². The van der Waals surface area contributed by atoms with E-state index < -0.39 is 12.0 Å². The first-order chi connectivity index (χ1) is 6.43. The highest BCUT2D eigenvalue weighted by Crippen LogP contribution is 2.17. The third-order valence-corrected chi connectivity index (χ3v) is 2.06. The minimum Gasteiger partial charge on any atom is -0.423 e. The van der Waals surface area contributed by atoms with Crippen molar-refractivity contribution in [3.63, 3.8) is 0 Å². The minimum absolute atomic E-state index is 0.0984. The van der Waals surface area contributed by atoms with E-state index in [1.54, 1.807) is 19.9 Å². The highest BCUT2D eigenvalue weighted by atomic mass is 16.6. The van der Waals surface area contributed by atoms with Gasteiger partial charge in [0.05, 0.1) is 4.92 Å². The Morgan fingerprint density at radius 1 is 1.29 bits per heavy atom. The number of hydrogen-bond donors (Lipinski definition) is 2. The first-order valence-corrected chi connectivity index (χ1v) is 4.05. The molecule has 0 aliphatic carbocycles. The van der Waals surface area contributed by atoms with Gasteiger partial charge in [-0.3, -0.25) is 10.1 Å². The average molecular weight is 195 g/mol. The molecule has 0 saturated heterocycles. The lowest BCUT2D eigenvalue weighted by atomic mass is 9.76. The SMILES string of the molecule is Cc1cc(C)c([N+](=O)[O-])cc1B(O)O. The van der Waals surface area contributed by atoms with Crippen LogP contribution in [0.3, 0.4) is 0 Å². The molecule has 0 fully saturated rings. The third-order valence-electron chi connectivity index (χ3n) is 2.06. The lowest BCUT2D eigenvalue weighted by Gasteiger charge is -2.05. The van der Waals surface area contributed by atoms with E-state index in [0.29, 0.717) is 11.1 Å². The number of rotatable bonds is 2. The van der Waals surface area contributed by atoms with Crippen molar-refractivity contribution in [1.29, 1.82) is 0 Å². The molecule has 14 heavy (non-hydrogen) atoms. The summed E-state index contributed by atoms with van der Waals surface area (Å²) in [6, 6.07) is 2.75. The van der Waals surface area contributed by atoms with Crippen LogP contribution in [0.1, 0.15) is 11.1 Å². The molecular weight excluding hydrogens is 185 g/mol. The molecule has 0 aliphatic rings. The van der Waals surface area contributed by atoms with Gasteiger partial charge >= 0.3 is 7.12 Å². The zero-order valence-corrected chi connectivity index (χ0v) is 7.89. The summed E-state index contributed by atoms with van der Waals surface area (Å²) >= 11 is 0. The normalized spacial score (nSPS) is 10.0. The van der Waals surface area contributed by atoms with E-state index in [9.17, 15) is 10.1 Å². The molecule has 1 rings (SSSR count). The maximum Gasteiger partial charge on any atom is 0.488 e. The molecule has 0 bridgehead atoms. The van der Waals surface area contributed by atoms with Gasteiger partial charge in [-0.1, -0.05) is 5.56 Å². The molecule has 1 aromatic carbocycles. The minimum atomic E-state index is -1.67. The van der Waals surface area contributed by atoms with Crippen LogP contribution in [0, 0.1) is 24.0 Å². The molecule has 0 unspecified atom stereocenters. The van der Waals surface area contributed by atoms with Gasteiger partial charge in [-0.25, -0.2) is 0 Å². The third kappa shape index (κ3) is 1.91. The van der Waals surface area contributed by atoms with Gasteiger partial charge < -0.3 is 10.0 Å². The smallest absolute Gasteiger partial charge is 0.423 e. The van der Waals surface area contributed by atoms with Crippen molar-refractivity contribution in [2.24, 2.45) is 0 Å². The standard InChI is InChI=1S/C8H10BNO4/c1-5-3-6(2)8(10(13)14)4-7(5)9(11)12/h3-4,11-12H,1-2H3. The number of aryl methyl sites for hydroxylation is 2. The Hall–Kier alpha value is -1.40. The summed E-state index contributed by atoms with van der Waals surface area (Å²) < 4.78 is 0. The second kappa shape index (κ2) is 3.77. The van der Waals surface area contributed by atoms with Crippen molar-refractivity contribution < 1.29 is 15.0 Å². The lowest BCUT2D eigenvalue weighted by Crippen LogP contribution is -2.32. The summed E-state index contributed by atoms with van der Waals surface area (Å²) in [5.74, 6) is 0. The molecule has 0 amide bonds. The molecular formula is C8H10BNO4. The highest BCUT2D eigenvalue weighted by molar-refractivity contribution is 6.59. The van der Waals surface area contributed by atoms with Crippen LogP contribution in [0.4, 0.5) is 5.69 Å². The van der Waals surface area contributed by atoms with Crippen molar-refractivity contribution in [1.82, 2.24) is 0 Å². The summed E-state index contributed by atoms with van der Waals surface area (Å²) in [5.41, 5.74) is 1.21. The van der Waals surface area contributed by atoms with E-state index in [1.807, 2.05) is 0 Å². The Morgan fingerprint density at radius 3 is 2.29 bits per heavy atom. The molecule has 0 saturated carbocycles. The van der Waals surface area contributed by atoms with Gasteiger partial charge in [0.25, 0.3) is 5.69 Å². The van der Waals surface area contributed by atoms with Crippen LogP contribution >= 0.6 is 0 Å². The molecule has 6 heteroatoms. The van der Waals surface area contributed by atoms with Gasteiger partial charge in [0.1, 0.15) is 0 Å². The summed E-state index contributed by atoms with van der Waals surface area (Å²) in [7, 11) is -1.67. The molecule has 5 nitrogen and oxygen atoms in total. The summed E-state index contributed by atoms with van der Waals surface area (Å²) in [6.07, 6.45) is 0. The van der Waals surface area contributed by atoms with Gasteiger partial charge in [-0.2, -0.15) is 0 Å². The van der Waals surface area contributed by atoms with Crippen molar-refractivity contribution in [3.8, 4) is 0 Å². The Bertz CT molecular complexity index is 378. The quantitative estimate of drug-likeness (QED) is 0.391. The molecule has 0 heterocycles. The number of benzene rings is 1. The maximum absolute atomic E-state index is 10.6. The zero-order chi connectivity index (χ0) is 10.9. The van der Waals surface area contributed by atoms with Crippen molar-refractivity contribution in [3.05, 3.63) is 33.4 Å². The fraction of sp³-hybridized carbons (Fsp3) is 0.250. The zero-order valence-electron chi connectivity index (χ0n) is 7.89. The van der Waals surface area contributed by atoms with Crippen LogP contribution in [0.5, 0.6) is 0 Å². The number of nitro groups is 1. The van der Waals surface area contributed by atoms with E-state index in [4.69, 9.17) is 10.0 Å². The Labute approximate surface area is 81.3 Å². The highest BCUT2D eigenvalue weighted by Gasteiger charge is 2.20. The van der Waals surface area contributed by atoms with Crippen LogP contribution in [-0.2, 0) is 0 Å². The topological polar surface area (TPSA) is 83.6 Å². The predicted molar refractivity (Wildman–Crippen MR) is 52.4 cm³/mol. The molecule has 0 aromatic heterocycles. The molecule has 0 aliphatic heterocycles. The molecule has 0 radical (unpaired) electrons. The van der Waals surface area contributed by atoms with E-state index in [-0.39, 0.29) is 11.2 Å². The average Bonchev–Trinajstić information content (AvgIpc) is 2.02. The van der Waals surface area contributed by atoms with Crippen LogP contribution in [0.25, 0.3) is 0 Å². The fourth-order valence-corrected chi connectivity index (χ4v) is 1.33. The van der Waals surface area contributed by atoms with Crippen LogP contribution in [-0.4, -0.2) is 22.1 Å². The molecule has 74 valence electrons. The number of hydrogen-bond acceptors (Lipinski definition) is 4. The first-order valence-electron chi connectivity index (χ1n) is 4.05. The van der Waals surface area contributed by atoms with Gasteiger partial charge in [0.2, 0.25) is 0 Å². The largest absolute Gasteiger partial charge is 0.488 e. The van der Waals surface area contributed by atoms with E-state index >= 15 is 0 Å². The monoisotopic (exact) mass is 195 g/mol. The molecule has 1 aromatic rings.